The maximum Gasteiger partial charge on any atom is 0.142 e. The smallest absolute Gasteiger partial charge is 0.142 e. The summed E-state index contributed by atoms with van der Waals surface area (Å²) in [5, 5.41) is 1.27. The van der Waals surface area contributed by atoms with Crippen LogP contribution in [0.4, 0.5) is 0 Å². The second-order valence-corrected chi connectivity index (χ2v) is 6.16. The van der Waals surface area contributed by atoms with Gasteiger partial charge in [0.1, 0.15) is 29.0 Å². The zero-order chi connectivity index (χ0) is 17.2. The summed E-state index contributed by atoms with van der Waals surface area (Å²) >= 11 is 6.11. The molecule has 4 aromatic rings. The minimum atomic E-state index is -0.00536. The van der Waals surface area contributed by atoms with Crippen molar-refractivity contribution in [2.75, 3.05) is 0 Å². The first-order valence-electron chi connectivity index (χ1n) is 8.02. The first kappa shape index (κ1) is 15.7. The van der Waals surface area contributed by atoms with Gasteiger partial charge in [-0.05, 0) is 48.4 Å². The molecule has 124 valence electrons. The highest BCUT2D eigenvalue weighted by Crippen LogP contribution is 2.29. The largest absolute Gasteiger partial charge is 0.486 e. The lowest BCUT2D eigenvalue weighted by atomic mass is 10.1. The fraction of sp³-hybridized carbons (Fsp3) is 0.100. The van der Waals surface area contributed by atoms with E-state index in [1.807, 2.05) is 55.5 Å². The molecule has 0 fully saturated rings. The molecule has 2 aromatic heterocycles. The monoisotopic (exact) mass is 349 g/mol. The predicted molar refractivity (Wildman–Crippen MR) is 99.8 cm³/mol. The third-order valence-corrected chi connectivity index (χ3v) is 4.43. The highest BCUT2D eigenvalue weighted by molar-refractivity contribution is 6.34. The SMILES string of the molecule is C[C@H](Oc1ccc(-c2cc3c(Cl)ncnc3[nH]2)cc1)c1ccccc1. The number of hydrogen-bond donors (Lipinski definition) is 1. The molecule has 0 amide bonds. The lowest BCUT2D eigenvalue weighted by molar-refractivity contribution is 0.227. The number of halogens is 1. The number of rotatable bonds is 4. The molecular formula is C20H16ClN3O. The molecule has 4 nitrogen and oxygen atoms in total. The minimum Gasteiger partial charge on any atom is -0.486 e. The summed E-state index contributed by atoms with van der Waals surface area (Å²) in [4.78, 5) is 11.5. The first-order valence-corrected chi connectivity index (χ1v) is 8.40. The molecule has 0 saturated heterocycles. The van der Waals surface area contributed by atoms with Gasteiger partial charge in [0.05, 0.1) is 5.39 Å². The zero-order valence-electron chi connectivity index (χ0n) is 13.6. The number of aromatic amines is 1. The fourth-order valence-electron chi connectivity index (χ4n) is 2.77. The van der Waals surface area contributed by atoms with Gasteiger partial charge in [0.15, 0.2) is 0 Å². The van der Waals surface area contributed by atoms with Crippen molar-refractivity contribution < 1.29 is 4.74 Å². The predicted octanol–water partition coefficient (Wildman–Crippen LogP) is 5.42. The van der Waals surface area contributed by atoms with Gasteiger partial charge in [0.2, 0.25) is 0 Å². The van der Waals surface area contributed by atoms with E-state index in [4.69, 9.17) is 16.3 Å². The van der Waals surface area contributed by atoms with Crippen molar-refractivity contribution in [3.05, 3.63) is 77.7 Å². The number of nitrogens with one attached hydrogen (secondary N) is 1. The van der Waals surface area contributed by atoms with E-state index in [-0.39, 0.29) is 6.10 Å². The average Bonchev–Trinajstić information content (AvgIpc) is 3.09. The molecular weight excluding hydrogens is 334 g/mol. The van der Waals surface area contributed by atoms with E-state index in [1.165, 1.54) is 6.33 Å². The number of fused-ring (bicyclic) bond motifs is 1. The van der Waals surface area contributed by atoms with E-state index in [1.54, 1.807) is 0 Å². The van der Waals surface area contributed by atoms with Gasteiger partial charge in [-0.2, -0.15) is 0 Å². The Morgan fingerprint density at radius 3 is 2.48 bits per heavy atom. The molecule has 0 radical (unpaired) electrons. The van der Waals surface area contributed by atoms with Crippen LogP contribution in [0.1, 0.15) is 18.6 Å². The Labute approximate surface area is 150 Å². The van der Waals surface area contributed by atoms with E-state index in [2.05, 4.69) is 27.1 Å². The molecule has 2 aromatic carbocycles. The van der Waals surface area contributed by atoms with Crippen molar-refractivity contribution in [3.8, 4) is 17.0 Å². The summed E-state index contributed by atoms with van der Waals surface area (Å²) in [6.07, 6.45) is 1.45. The molecule has 0 saturated carbocycles. The number of ether oxygens (including phenoxy) is 1. The van der Waals surface area contributed by atoms with Gasteiger partial charge in [0, 0.05) is 5.69 Å². The number of H-pyrrole nitrogens is 1. The van der Waals surface area contributed by atoms with Crippen LogP contribution in [0.25, 0.3) is 22.3 Å². The Morgan fingerprint density at radius 2 is 1.76 bits per heavy atom. The van der Waals surface area contributed by atoms with Crippen molar-refractivity contribution in [2.24, 2.45) is 0 Å². The molecule has 0 bridgehead atoms. The summed E-state index contributed by atoms with van der Waals surface area (Å²) < 4.78 is 6.02. The third kappa shape index (κ3) is 3.21. The molecule has 0 aliphatic rings. The minimum absolute atomic E-state index is 0.00536. The van der Waals surface area contributed by atoms with E-state index in [9.17, 15) is 0 Å². The molecule has 0 aliphatic heterocycles. The van der Waals surface area contributed by atoms with Crippen molar-refractivity contribution in [3.63, 3.8) is 0 Å². The fourth-order valence-corrected chi connectivity index (χ4v) is 2.96. The Kier molecular flexibility index (Phi) is 4.12. The Bertz CT molecular complexity index is 997. The molecule has 1 atom stereocenters. The zero-order valence-corrected chi connectivity index (χ0v) is 14.4. The molecule has 0 aliphatic carbocycles. The number of aromatic nitrogens is 3. The van der Waals surface area contributed by atoms with Crippen LogP contribution in [-0.2, 0) is 0 Å². The molecule has 25 heavy (non-hydrogen) atoms. The molecule has 2 heterocycles. The van der Waals surface area contributed by atoms with Gasteiger partial charge in [0.25, 0.3) is 0 Å². The Balaban J connectivity index is 1.56. The molecule has 4 rings (SSSR count). The van der Waals surface area contributed by atoms with Crippen molar-refractivity contribution >= 4 is 22.6 Å². The second kappa shape index (κ2) is 6.57. The molecule has 0 unspecified atom stereocenters. The normalized spacial score (nSPS) is 12.2. The van der Waals surface area contributed by atoms with E-state index >= 15 is 0 Å². The van der Waals surface area contributed by atoms with Gasteiger partial charge in [-0.1, -0.05) is 41.9 Å². The summed E-state index contributed by atoms with van der Waals surface area (Å²) in [7, 11) is 0. The second-order valence-electron chi connectivity index (χ2n) is 5.80. The first-order chi connectivity index (χ1) is 12.2. The van der Waals surface area contributed by atoms with E-state index in [0.717, 1.165) is 33.6 Å². The average molecular weight is 350 g/mol. The highest BCUT2D eigenvalue weighted by atomic mass is 35.5. The number of nitrogens with zero attached hydrogens (tertiary/aromatic N) is 2. The van der Waals surface area contributed by atoms with Crippen molar-refractivity contribution in [1.29, 1.82) is 0 Å². The topological polar surface area (TPSA) is 50.8 Å². The lowest BCUT2D eigenvalue weighted by Crippen LogP contribution is -2.02. The number of hydrogen-bond acceptors (Lipinski definition) is 3. The quantitative estimate of drug-likeness (QED) is 0.500. The van der Waals surface area contributed by atoms with E-state index in [0.29, 0.717) is 5.15 Å². The van der Waals surface area contributed by atoms with Crippen LogP contribution in [0.2, 0.25) is 5.15 Å². The third-order valence-electron chi connectivity index (χ3n) is 4.12. The van der Waals surface area contributed by atoms with Crippen LogP contribution in [0.15, 0.2) is 67.0 Å². The summed E-state index contributed by atoms with van der Waals surface area (Å²) in [5.74, 6) is 0.828. The maximum absolute atomic E-state index is 6.11. The summed E-state index contributed by atoms with van der Waals surface area (Å²) in [5.41, 5.74) is 3.86. The molecule has 1 N–H and O–H groups in total. The van der Waals surface area contributed by atoms with Crippen LogP contribution in [-0.4, -0.2) is 15.0 Å². The number of benzene rings is 2. The van der Waals surface area contributed by atoms with Crippen LogP contribution < -0.4 is 4.74 Å². The van der Waals surface area contributed by atoms with Gasteiger partial charge >= 0.3 is 0 Å². The van der Waals surface area contributed by atoms with E-state index < -0.39 is 0 Å². The summed E-state index contributed by atoms with van der Waals surface area (Å²) in [6, 6.07) is 20.1. The van der Waals surface area contributed by atoms with Crippen LogP contribution >= 0.6 is 11.6 Å². The van der Waals surface area contributed by atoms with Gasteiger partial charge in [-0.25, -0.2) is 9.97 Å². The van der Waals surface area contributed by atoms with Gasteiger partial charge in [-0.15, -0.1) is 0 Å². The highest BCUT2D eigenvalue weighted by Gasteiger charge is 2.09. The van der Waals surface area contributed by atoms with Gasteiger partial charge in [-0.3, -0.25) is 0 Å². The molecule has 5 heteroatoms. The van der Waals surface area contributed by atoms with Crippen molar-refractivity contribution in [2.45, 2.75) is 13.0 Å². The maximum atomic E-state index is 6.11. The standard InChI is InChI=1S/C20H16ClN3O/c1-13(14-5-3-2-4-6-14)25-16-9-7-15(8-10-16)18-11-17-19(21)22-12-23-20(17)24-18/h2-13H,1H3,(H,22,23,24)/t13-/m0/s1. The van der Waals surface area contributed by atoms with Crippen LogP contribution in [0.5, 0.6) is 5.75 Å². The Hall–Kier alpha value is -2.85. The van der Waals surface area contributed by atoms with Gasteiger partial charge < -0.3 is 9.72 Å². The van der Waals surface area contributed by atoms with Crippen LogP contribution in [0, 0.1) is 0 Å². The lowest BCUT2D eigenvalue weighted by Gasteiger charge is -2.15. The molecule has 0 spiro atoms. The van der Waals surface area contributed by atoms with Crippen LogP contribution in [0.3, 0.4) is 0 Å². The van der Waals surface area contributed by atoms with Crippen molar-refractivity contribution in [1.82, 2.24) is 15.0 Å². The Morgan fingerprint density at radius 1 is 1.00 bits per heavy atom. The summed E-state index contributed by atoms with van der Waals surface area (Å²) in [6.45, 7) is 2.04.